The molecule has 3 heterocycles. The van der Waals surface area contributed by atoms with Gasteiger partial charge in [-0.3, -0.25) is 9.97 Å². The standard InChI is InChI=1S/C19H18N4.ClH/c1-2-10-19-18(9-1)22(13-16-7-3-5-11-20-16)15-23(19)14-17-8-4-6-12-21-17;/h1-12H,13-15H2;1H. The molecule has 24 heavy (non-hydrogen) atoms. The third kappa shape index (κ3) is 3.34. The number of benzene rings is 1. The summed E-state index contributed by atoms with van der Waals surface area (Å²) in [6, 6.07) is 20.7. The van der Waals surface area contributed by atoms with Gasteiger partial charge in [-0.25, -0.2) is 0 Å². The average molecular weight is 339 g/mol. The van der Waals surface area contributed by atoms with E-state index in [2.05, 4.69) is 56.2 Å². The summed E-state index contributed by atoms with van der Waals surface area (Å²) in [5, 5.41) is 0. The lowest BCUT2D eigenvalue weighted by molar-refractivity contribution is 0.744. The molecule has 5 heteroatoms. The zero-order chi connectivity index (χ0) is 15.5. The predicted molar refractivity (Wildman–Crippen MR) is 99.4 cm³/mol. The predicted octanol–water partition coefficient (Wildman–Crippen LogP) is 3.88. The Morgan fingerprint density at radius 2 is 1.12 bits per heavy atom. The Labute approximate surface area is 148 Å². The Morgan fingerprint density at radius 3 is 1.54 bits per heavy atom. The van der Waals surface area contributed by atoms with Crippen molar-refractivity contribution in [2.75, 3.05) is 16.5 Å². The molecule has 0 N–H and O–H groups in total. The zero-order valence-corrected chi connectivity index (χ0v) is 14.1. The number of para-hydroxylation sites is 2. The van der Waals surface area contributed by atoms with Crippen molar-refractivity contribution in [3.05, 3.63) is 84.4 Å². The number of halogens is 1. The van der Waals surface area contributed by atoms with Crippen molar-refractivity contribution in [1.82, 2.24) is 9.97 Å². The van der Waals surface area contributed by atoms with Crippen LogP contribution in [0.25, 0.3) is 0 Å². The molecule has 4 rings (SSSR count). The van der Waals surface area contributed by atoms with Crippen molar-refractivity contribution < 1.29 is 0 Å². The Kier molecular flexibility index (Phi) is 4.96. The molecule has 0 amide bonds. The summed E-state index contributed by atoms with van der Waals surface area (Å²) in [6.45, 7) is 2.49. The van der Waals surface area contributed by atoms with Gasteiger partial charge in [0.1, 0.15) is 0 Å². The summed E-state index contributed by atoms with van der Waals surface area (Å²) < 4.78 is 0. The SMILES string of the molecule is Cl.c1ccc(CN2CN(Cc3ccccn3)c3ccccc32)nc1. The minimum Gasteiger partial charge on any atom is -0.346 e. The smallest absolute Gasteiger partial charge is 0.0912 e. The molecule has 0 saturated carbocycles. The quantitative estimate of drug-likeness (QED) is 0.722. The number of hydrogen-bond acceptors (Lipinski definition) is 4. The van der Waals surface area contributed by atoms with Crippen LogP contribution in [0.3, 0.4) is 0 Å². The fourth-order valence-corrected chi connectivity index (χ4v) is 3.00. The van der Waals surface area contributed by atoms with Crippen molar-refractivity contribution in [2.45, 2.75) is 13.1 Å². The first kappa shape index (κ1) is 16.3. The average Bonchev–Trinajstić information content (AvgIpc) is 2.95. The third-order valence-electron chi connectivity index (χ3n) is 4.06. The van der Waals surface area contributed by atoms with Gasteiger partial charge >= 0.3 is 0 Å². The fraction of sp³-hybridized carbons (Fsp3) is 0.158. The van der Waals surface area contributed by atoms with E-state index in [-0.39, 0.29) is 12.4 Å². The molecule has 0 spiro atoms. The van der Waals surface area contributed by atoms with Crippen LogP contribution < -0.4 is 9.80 Å². The van der Waals surface area contributed by atoms with Crippen LogP contribution in [0.5, 0.6) is 0 Å². The summed E-state index contributed by atoms with van der Waals surface area (Å²) in [4.78, 5) is 13.6. The summed E-state index contributed by atoms with van der Waals surface area (Å²) in [5.74, 6) is 0. The van der Waals surface area contributed by atoms with Crippen LogP contribution in [0.15, 0.2) is 73.1 Å². The van der Waals surface area contributed by atoms with Gasteiger partial charge in [0.2, 0.25) is 0 Å². The van der Waals surface area contributed by atoms with Gasteiger partial charge in [0, 0.05) is 12.4 Å². The van der Waals surface area contributed by atoms with Gasteiger partial charge in [0.15, 0.2) is 0 Å². The Morgan fingerprint density at radius 1 is 0.667 bits per heavy atom. The molecule has 2 aromatic heterocycles. The maximum atomic E-state index is 4.45. The second-order valence-electron chi connectivity index (χ2n) is 5.67. The number of nitrogens with zero attached hydrogens (tertiary/aromatic N) is 4. The van der Waals surface area contributed by atoms with Crippen LogP contribution >= 0.6 is 12.4 Å². The largest absolute Gasteiger partial charge is 0.346 e. The van der Waals surface area contributed by atoms with E-state index in [0.717, 1.165) is 31.1 Å². The maximum Gasteiger partial charge on any atom is 0.0912 e. The number of anilines is 2. The van der Waals surface area contributed by atoms with Gasteiger partial charge in [-0.2, -0.15) is 0 Å². The van der Waals surface area contributed by atoms with E-state index in [9.17, 15) is 0 Å². The molecule has 4 nitrogen and oxygen atoms in total. The van der Waals surface area contributed by atoms with E-state index in [1.165, 1.54) is 11.4 Å². The van der Waals surface area contributed by atoms with Crippen molar-refractivity contribution in [2.24, 2.45) is 0 Å². The number of pyridine rings is 2. The fourth-order valence-electron chi connectivity index (χ4n) is 3.00. The summed E-state index contributed by atoms with van der Waals surface area (Å²) >= 11 is 0. The molecule has 0 fully saturated rings. The molecule has 0 saturated heterocycles. The highest BCUT2D eigenvalue weighted by atomic mass is 35.5. The monoisotopic (exact) mass is 338 g/mol. The topological polar surface area (TPSA) is 32.3 Å². The van der Waals surface area contributed by atoms with Crippen molar-refractivity contribution in [3.8, 4) is 0 Å². The van der Waals surface area contributed by atoms with E-state index < -0.39 is 0 Å². The summed E-state index contributed by atoms with van der Waals surface area (Å²) in [6.07, 6.45) is 3.70. The number of fused-ring (bicyclic) bond motifs is 1. The second kappa shape index (κ2) is 7.32. The molecule has 1 aromatic carbocycles. The molecule has 122 valence electrons. The normalized spacial score (nSPS) is 12.7. The first-order valence-corrected chi connectivity index (χ1v) is 7.79. The number of hydrogen-bond donors (Lipinski definition) is 0. The van der Waals surface area contributed by atoms with Gasteiger partial charge < -0.3 is 9.80 Å². The van der Waals surface area contributed by atoms with Crippen LogP contribution in [0, 0.1) is 0 Å². The molecular weight excluding hydrogens is 320 g/mol. The molecule has 1 aliphatic heterocycles. The van der Waals surface area contributed by atoms with Crippen molar-refractivity contribution in [3.63, 3.8) is 0 Å². The highest BCUT2D eigenvalue weighted by Gasteiger charge is 2.25. The minimum absolute atomic E-state index is 0. The Hall–Kier alpha value is -2.59. The molecule has 0 aliphatic carbocycles. The molecular formula is C19H19ClN4. The minimum atomic E-state index is 0. The molecule has 3 aromatic rings. The zero-order valence-electron chi connectivity index (χ0n) is 13.2. The van der Waals surface area contributed by atoms with Gasteiger partial charge in [-0.1, -0.05) is 24.3 Å². The van der Waals surface area contributed by atoms with Gasteiger partial charge in [-0.05, 0) is 36.4 Å². The van der Waals surface area contributed by atoms with Gasteiger partial charge in [0.05, 0.1) is 42.5 Å². The maximum absolute atomic E-state index is 4.45. The number of aromatic nitrogens is 2. The van der Waals surface area contributed by atoms with E-state index in [1.54, 1.807) is 0 Å². The first-order chi connectivity index (χ1) is 11.4. The third-order valence-corrected chi connectivity index (χ3v) is 4.06. The van der Waals surface area contributed by atoms with Crippen LogP contribution in [0.2, 0.25) is 0 Å². The van der Waals surface area contributed by atoms with Crippen LogP contribution in [0.4, 0.5) is 11.4 Å². The van der Waals surface area contributed by atoms with E-state index in [0.29, 0.717) is 0 Å². The lowest BCUT2D eigenvalue weighted by Crippen LogP contribution is -2.30. The molecule has 0 unspecified atom stereocenters. The van der Waals surface area contributed by atoms with Gasteiger partial charge in [-0.15, -0.1) is 12.4 Å². The highest BCUT2D eigenvalue weighted by Crippen LogP contribution is 2.37. The molecule has 0 atom stereocenters. The lowest BCUT2D eigenvalue weighted by atomic mass is 10.2. The Balaban J connectivity index is 0.00000169. The van der Waals surface area contributed by atoms with E-state index in [1.807, 2.05) is 36.7 Å². The van der Waals surface area contributed by atoms with Gasteiger partial charge in [0.25, 0.3) is 0 Å². The molecule has 0 bridgehead atoms. The van der Waals surface area contributed by atoms with E-state index >= 15 is 0 Å². The summed E-state index contributed by atoms with van der Waals surface area (Å²) in [7, 11) is 0. The number of rotatable bonds is 4. The van der Waals surface area contributed by atoms with Crippen LogP contribution in [-0.4, -0.2) is 16.6 Å². The van der Waals surface area contributed by atoms with Crippen molar-refractivity contribution in [1.29, 1.82) is 0 Å². The van der Waals surface area contributed by atoms with E-state index in [4.69, 9.17) is 0 Å². The molecule has 0 radical (unpaired) electrons. The van der Waals surface area contributed by atoms with Crippen molar-refractivity contribution >= 4 is 23.8 Å². The second-order valence-corrected chi connectivity index (χ2v) is 5.67. The van der Waals surface area contributed by atoms with Crippen LogP contribution in [-0.2, 0) is 13.1 Å². The van der Waals surface area contributed by atoms with Crippen LogP contribution in [0.1, 0.15) is 11.4 Å². The Bertz CT molecular complexity index is 713. The summed E-state index contributed by atoms with van der Waals surface area (Å²) in [5.41, 5.74) is 4.69. The first-order valence-electron chi connectivity index (χ1n) is 7.79. The molecule has 1 aliphatic rings. The lowest BCUT2D eigenvalue weighted by Gasteiger charge is -2.21. The highest BCUT2D eigenvalue weighted by molar-refractivity contribution is 5.85.